The fraction of sp³-hybridized carbons (Fsp3) is 0.357. The van der Waals surface area contributed by atoms with Gasteiger partial charge in [0.25, 0.3) is 5.91 Å². The van der Waals surface area contributed by atoms with E-state index in [1.165, 1.54) is 30.5 Å². The summed E-state index contributed by atoms with van der Waals surface area (Å²) in [5, 5.41) is 15.0. The average Bonchev–Trinajstić information content (AvgIpc) is 2.98. The minimum atomic E-state index is -4.04. The molecule has 2 aliphatic rings. The lowest BCUT2D eigenvalue weighted by atomic mass is 10.1. The fourth-order valence-electron chi connectivity index (χ4n) is 4.28. The van der Waals surface area contributed by atoms with Gasteiger partial charge >= 0.3 is 5.97 Å². The number of nitrogens with two attached hydrogens (primary N) is 1. The maximum Gasteiger partial charge on any atom is 0.304 e. The van der Waals surface area contributed by atoms with Crippen LogP contribution in [0.25, 0.3) is 11.3 Å². The van der Waals surface area contributed by atoms with E-state index in [1.54, 1.807) is 19.2 Å². The first-order chi connectivity index (χ1) is 20.7. The molecule has 2 aliphatic heterocycles. The van der Waals surface area contributed by atoms with Crippen LogP contribution in [0, 0.1) is 0 Å². The van der Waals surface area contributed by atoms with Gasteiger partial charge in [0.2, 0.25) is 10.0 Å². The van der Waals surface area contributed by atoms with E-state index in [4.69, 9.17) is 25.1 Å². The number of nitrogens with one attached hydrogen (secondary N) is 2. The number of carbonyl (C=O) groups excluding carboxylic acids is 1. The number of anilines is 2. The molecule has 5 N–H and O–H groups in total. The Morgan fingerprint density at radius 1 is 1.09 bits per heavy atom. The van der Waals surface area contributed by atoms with Gasteiger partial charge in [-0.3, -0.25) is 9.59 Å². The molecular weight excluding hydrogens is 580 g/mol. The number of carboxylic acids is 1. The van der Waals surface area contributed by atoms with Crippen molar-refractivity contribution in [3.05, 3.63) is 59.9 Å². The molecule has 0 radical (unpaired) electrons. The zero-order valence-corrected chi connectivity index (χ0v) is 24.4. The van der Waals surface area contributed by atoms with Gasteiger partial charge in [-0.1, -0.05) is 24.3 Å². The number of nitrogen functional groups attached to an aromatic ring is 1. The summed E-state index contributed by atoms with van der Waals surface area (Å²) in [5.74, 6) is -1.36. The Labute approximate surface area is 249 Å². The Balaban J connectivity index is 1.68. The highest BCUT2D eigenvalue weighted by Crippen LogP contribution is 2.30. The van der Waals surface area contributed by atoms with Gasteiger partial charge in [-0.2, -0.15) is 4.31 Å². The molecule has 43 heavy (non-hydrogen) atoms. The van der Waals surface area contributed by atoms with Crippen molar-refractivity contribution in [1.29, 1.82) is 0 Å². The number of fused-ring (bicyclic) bond motifs is 13. The van der Waals surface area contributed by atoms with Crippen LogP contribution in [0.3, 0.4) is 0 Å². The number of rotatable bonds is 5. The number of aromatic nitrogens is 2. The quantitative estimate of drug-likeness (QED) is 0.304. The molecule has 0 fully saturated rings. The minimum Gasteiger partial charge on any atom is -0.489 e. The number of carboxylic acid groups (broad SMARTS) is 1. The smallest absolute Gasteiger partial charge is 0.304 e. The first kappa shape index (κ1) is 31.8. The molecule has 4 bridgehead atoms. The van der Waals surface area contributed by atoms with Crippen LogP contribution in [0.1, 0.15) is 22.5 Å². The number of sulfonamides is 1. The van der Waals surface area contributed by atoms with Crippen LogP contribution in [-0.4, -0.2) is 92.8 Å². The predicted octanol–water partition coefficient (Wildman–Crippen LogP) is 1.59. The molecule has 0 saturated carbocycles. The second-order valence-electron chi connectivity index (χ2n) is 9.41. The molecule has 1 aromatic heterocycles. The number of carbonyl (C=O) groups is 2. The van der Waals surface area contributed by atoms with Crippen molar-refractivity contribution in [2.45, 2.75) is 17.9 Å². The number of amides is 1. The summed E-state index contributed by atoms with van der Waals surface area (Å²) >= 11 is 0. The summed E-state index contributed by atoms with van der Waals surface area (Å²) in [7, 11) is -2.25. The SMILES string of the molecule is CNCc1cccc2c1OCCOCCOCCN(CCC(=O)O)S(=O)(=O)c1ccc(cc1)-c1cnc(N)c(n1)C(=O)N2. The second kappa shape index (κ2) is 14.8. The highest BCUT2D eigenvalue weighted by atomic mass is 32.2. The lowest BCUT2D eigenvalue weighted by molar-refractivity contribution is -0.137. The number of hydrogen-bond acceptors (Lipinski definition) is 11. The van der Waals surface area contributed by atoms with Gasteiger partial charge in [-0.05, 0) is 25.2 Å². The van der Waals surface area contributed by atoms with E-state index < -0.39 is 21.9 Å². The zero-order valence-electron chi connectivity index (χ0n) is 23.6. The van der Waals surface area contributed by atoms with E-state index in [-0.39, 0.29) is 69.0 Å². The van der Waals surface area contributed by atoms with Gasteiger partial charge < -0.3 is 35.7 Å². The van der Waals surface area contributed by atoms with E-state index in [2.05, 4.69) is 20.6 Å². The molecule has 3 heterocycles. The largest absolute Gasteiger partial charge is 0.489 e. The molecule has 15 heteroatoms. The maximum atomic E-state index is 13.4. The van der Waals surface area contributed by atoms with Crippen molar-refractivity contribution in [2.75, 3.05) is 64.2 Å². The monoisotopic (exact) mass is 614 g/mol. The molecular formula is C28H34N6O8S. The molecule has 14 nitrogen and oxygen atoms in total. The molecule has 3 aromatic rings. The summed E-state index contributed by atoms with van der Waals surface area (Å²) in [4.78, 5) is 33.0. The first-order valence-electron chi connectivity index (χ1n) is 13.5. The molecule has 0 saturated heterocycles. The number of ether oxygens (including phenoxy) is 3. The molecule has 0 spiro atoms. The van der Waals surface area contributed by atoms with Crippen LogP contribution < -0.4 is 21.1 Å². The minimum absolute atomic E-state index is 0.0394. The van der Waals surface area contributed by atoms with E-state index in [9.17, 15) is 18.0 Å². The Morgan fingerprint density at radius 2 is 1.81 bits per heavy atom. The van der Waals surface area contributed by atoms with Gasteiger partial charge in [0, 0.05) is 30.8 Å². The number of benzene rings is 2. The van der Waals surface area contributed by atoms with Crippen LogP contribution >= 0.6 is 0 Å². The van der Waals surface area contributed by atoms with E-state index in [1.807, 2.05) is 6.07 Å². The molecule has 1 amide bonds. The van der Waals surface area contributed by atoms with Gasteiger partial charge in [-0.25, -0.2) is 18.4 Å². The first-order valence-corrected chi connectivity index (χ1v) is 15.0. The van der Waals surface area contributed by atoms with Crippen LogP contribution in [0.15, 0.2) is 53.6 Å². The Kier molecular flexibility index (Phi) is 11.0. The number of hydrogen-bond donors (Lipinski definition) is 4. The van der Waals surface area contributed by atoms with Crippen molar-refractivity contribution in [1.82, 2.24) is 19.6 Å². The maximum absolute atomic E-state index is 13.4. The van der Waals surface area contributed by atoms with E-state index in [0.29, 0.717) is 29.2 Å². The van der Waals surface area contributed by atoms with E-state index >= 15 is 0 Å². The molecule has 5 rings (SSSR count). The molecule has 2 aromatic carbocycles. The second-order valence-corrected chi connectivity index (χ2v) is 11.4. The van der Waals surface area contributed by atoms with Crippen LogP contribution in [-0.2, 0) is 30.8 Å². The van der Waals surface area contributed by atoms with Crippen LogP contribution in [0.4, 0.5) is 11.5 Å². The highest BCUT2D eigenvalue weighted by molar-refractivity contribution is 7.89. The summed E-state index contributed by atoms with van der Waals surface area (Å²) in [6.07, 6.45) is 1.01. The zero-order chi connectivity index (χ0) is 30.8. The normalized spacial score (nSPS) is 16.6. The molecule has 0 atom stereocenters. The lowest BCUT2D eigenvalue weighted by Crippen LogP contribution is -2.36. The van der Waals surface area contributed by atoms with Crippen LogP contribution in [0.5, 0.6) is 5.75 Å². The number of para-hydroxylation sites is 1. The lowest BCUT2D eigenvalue weighted by Gasteiger charge is -2.22. The van der Waals surface area contributed by atoms with Gasteiger partial charge in [0.05, 0.1) is 55.3 Å². The number of aliphatic carboxylic acids is 1. The topological polar surface area (TPSA) is 195 Å². The third-order valence-corrected chi connectivity index (χ3v) is 8.33. The average molecular weight is 615 g/mol. The summed E-state index contributed by atoms with van der Waals surface area (Å²) in [5.41, 5.74) is 7.91. The predicted molar refractivity (Wildman–Crippen MR) is 157 cm³/mol. The standard InChI is InChI=1S/C28H34N6O8S/c1-30-17-20-3-2-4-22-26(20)42-16-15-41-14-13-40-12-11-34(10-9-24(35)36)43(38,39)21-7-5-19(6-8-21)23-18-31-27(29)25(32-23)28(37)33-22/h2-8,18,30H,9-17H2,1H3,(H2,29,31)(H,33,37)(H,35,36). The third kappa shape index (κ3) is 8.24. The van der Waals surface area contributed by atoms with Crippen molar-refractivity contribution in [2.24, 2.45) is 0 Å². The molecule has 0 aliphatic carbocycles. The number of nitrogens with zero attached hydrogens (tertiary/aromatic N) is 3. The Hall–Kier alpha value is -4.15. The summed E-state index contributed by atoms with van der Waals surface area (Å²) in [6, 6.07) is 11.2. The van der Waals surface area contributed by atoms with Crippen molar-refractivity contribution in [3.63, 3.8) is 0 Å². The molecule has 0 unspecified atom stereocenters. The third-order valence-electron chi connectivity index (χ3n) is 6.42. The Bertz CT molecular complexity index is 1530. The van der Waals surface area contributed by atoms with Gasteiger partial charge in [0.15, 0.2) is 11.5 Å². The van der Waals surface area contributed by atoms with E-state index in [0.717, 1.165) is 9.87 Å². The highest BCUT2D eigenvalue weighted by Gasteiger charge is 2.25. The van der Waals surface area contributed by atoms with Crippen molar-refractivity contribution in [3.8, 4) is 17.0 Å². The Morgan fingerprint density at radius 3 is 2.53 bits per heavy atom. The summed E-state index contributed by atoms with van der Waals surface area (Å²) < 4.78 is 45.0. The molecule has 230 valence electrons. The summed E-state index contributed by atoms with van der Waals surface area (Å²) in [6.45, 7) is 1.07. The fourth-order valence-corrected chi connectivity index (χ4v) is 5.70. The van der Waals surface area contributed by atoms with Crippen LogP contribution in [0.2, 0.25) is 0 Å². The van der Waals surface area contributed by atoms with Crippen molar-refractivity contribution >= 4 is 33.4 Å². The van der Waals surface area contributed by atoms with Crippen molar-refractivity contribution < 1.29 is 37.3 Å². The van der Waals surface area contributed by atoms with Gasteiger partial charge in [-0.15, -0.1) is 0 Å². The van der Waals surface area contributed by atoms with Gasteiger partial charge in [0.1, 0.15) is 12.4 Å².